The van der Waals surface area contributed by atoms with Crippen LogP contribution in [0.15, 0.2) is 41.7 Å². The third-order valence-electron chi connectivity index (χ3n) is 3.99. The van der Waals surface area contributed by atoms with E-state index in [0.717, 1.165) is 11.1 Å². The molecule has 0 atom stereocenters. The molecule has 8 heteroatoms. The van der Waals surface area contributed by atoms with E-state index in [9.17, 15) is 19.5 Å². The Morgan fingerprint density at radius 1 is 1.19 bits per heavy atom. The number of amides is 1. The molecule has 0 unspecified atom stereocenters. The maximum atomic E-state index is 12.5. The summed E-state index contributed by atoms with van der Waals surface area (Å²) in [6.45, 7) is 1.09. The molecule has 0 aliphatic carbocycles. The molecule has 0 aliphatic rings. The number of hydrogen-bond acceptors (Lipinski definition) is 6. The minimum absolute atomic E-state index is 0.221. The van der Waals surface area contributed by atoms with Gasteiger partial charge in [0.25, 0.3) is 11.5 Å². The molecule has 0 radical (unpaired) electrons. The molecule has 2 heterocycles. The second kappa shape index (κ2) is 6.75. The largest absolute Gasteiger partial charge is 0.506 e. The van der Waals surface area contributed by atoms with Crippen LogP contribution >= 0.6 is 0 Å². The Kier molecular flexibility index (Phi) is 4.49. The number of hydrogen-bond donors (Lipinski definition) is 2. The van der Waals surface area contributed by atoms with Crippen molar-refractivity contribution in [2.75, 3.05) is 6.54 Å². The van der Waals surface area contributed by atoms with Crippen LogP contribution in [0.5, 0.6) is 5.75 Å². The molecule has 1 amide bonds. The monoisotopic (exact) mass is 352 g/mol. The minimum atomic E-state index is -0.798. The van der Waals surface area contributed by atoms with E-state index < -0.39 is 22.8 Å². The number of fused-ring (bicyclic) bond motifs is 1. The lowest BCUT2D eigenvalue weighted by atomic mass is 10.0. The molecule has 2 N–H and O–H groups in total. The SMILES string of the molecule is CC(=O)CNC(=O)c1c(O)c2cc(-c3cncnc3)ccc2n(C)c1=O. The molecule has 0 fully saturated rings. The third-order valence-corrected chi connectivity index (χ3v) is 3.99. The van der Waals surface area contributed by atoms with Gasteiger partial charge in [-0.1, -0.05) is 6.07 Å². The Labute approximate surface area is 148 Å². The summed E-state index contributed by atoms with van der Waals surface area (Å²) in [5.41, 5.74) is 0.873. The lowest BCUT2D eigenvalue weighted by Crippen LogP contribution is -2.34. The van der Waals surface area contributed by atoms with Crippen LogP contribution in [0.2, 0.25) is 0 Å². The standard InChI is InChI=1S/C18H16N4O4/c1-10(23)6-21-17(25)15-16(24)13-5-11(12-7-19-9-20-8-12)3-4-14(13)22(2)18(15)26/h3-5,7-9,24H,6H2,1-2H3,(H,21,25). The number of nitrogens with zero attached hydrogens (tertiary/aromatic N) is 3. The highest BCUT2D eigenvalue weighted by Gasteiger charge is 2.21. The predicted octanol–water partition coefficient (Wildman–Crippen LogP) is 1.02. The lowest BCUT2D eigenvalue weighted by molar-refractivity contribution is -0.116. The van der Waals surface area contributed by atoms with Crippen LogP contribution in [0.3, 0.4) is 0 Å². The van der Waals surface area contributed by atoms with Crippen LogP contribution in [0.25, 0.3) is 22.0 Å². The summed E-state index contributed by atoms with van der Waals surface area (Å²) in [6, 6.07) is 5.11. The number of benzene rings is 1. The second-order valence-electron chi connectivity index (χ2n) is 5.83. The number of ketones is 1. The average Bonchev–Trinajstić information content (AvgIpc) is 2.65. The van der Waals surface area contributed by atoms with Gasteiger partial charge < -0.3 is 15.0 Å². The van der Waals surface area contributed by atoms with Gasteiger partial charge >= 0.3 is 0 Å². The van der Waals surface area contributed by atoms with Crippen LogP contribution in [0.1, 0.15) is 17.3 Å². The fourth-order valence-corrected chi connectivity index (χ4v) is 2.66. The van der Waals surface area contributed by atoms with Gasteiger partial charge in [-0.25, -0.2) is 9.97 Å². The van der Waals surface area contributed by atoms with Crippen molar-refractivity contribution in [2.45, 2.75) is 6.92 Å². The highest BCUT2D eigenvalue weighted by molar-refractivity contribution is 6.04. The van der Waals surface area contributed by atoms with Crippen molar-refractivity contribution in [1.82, 2.24) is 19.9 Å². The van der Waals surface area contributed by atoms with Gasteiger partial charge in [0.15, 0.2) is 0 Å². The first kappa shape index (κ1) is 17.3. The number of carbonyl (C=O) groups is 2. The normalized spacial score (nSPS) is 10.7. The summed E-state index contributed by atoms with van der Waals surface area (Å²) < 4.78 is 1.28. The van der Waals surface area contributed by atoms with Crippen LogP contribution in [-0.4, -0.2) is 37.9 Å². The van der Waals surface area contributed by atoms with Crippen molar-refractivity contribution in [2.24, 2.45) is 7.05 Å². The molecule has 0 saturated carbocycles. The van der Waals surface area contributed by atoms with E-state index in [0.29, 0.717) is 10.9 Å². The van der Waals surface area contributed by atoms with Gasteiger partial charge in [0.1, 0.15) is 23.4 Å². The molecular weight excluding hydrogens is 336 g/mol. The molecular formula is C18H16N4O4. The van der Waals surface area contributed by atoms with E-state index in [-0.39, 0.29) is 12.3 Å². The Bertz CT molecular complexity index is 1070. The van der Waals surface area contributed by atoms with Gasteiger partial charge in [0, 0.05) is 30.4 Å². The highest BCUT2D eigenvalue weighted by atomic mass is 16.3. The van der Waals surface area contributed by atoms with Crippen molar-refractivity contribution < 1.29 is 14.7 Å². The molecule has 132 valence electrons. The Morgan fingerprint density at radius 3 is 2.54 bits per heavy atom. The fraction of sp³-hybridized carbons (Fsp3) is 0.167. The van der Waals surface area contributed by atoms with E-state index in [1.54, 1.807) is 30.6 Å². The van der Waals surface area contributed by atoms with Crippen molar-refractivity contribution in [3.8, 4) is 16.9 Å². The molecule has 8 nitrogen and oxygen atoms in total. The molecule has 1 aromatic carbocycles. The van der Waals surface area contributed by atoms with Gasteiger partial charge in [-0.15, -0.1) is 0 Å². The van der Waals surface area contributed by atoms with Gasteiger partial charge in [-0.3, -0.25) is 14.4 Å². The number of aryl methyl sites for hydroxylation is 1. The number of carbonyl (C=O) groups excluding carboxylic acids is 2. The molecule has 3 aromatic rings. The van der Waals surface area contributed by atoms with Gasteiger partial charge in [-0.05, 0) is 24.6 Å². The second-order valence-corrected chi connectivity index (χ2v) is 5.83. The number of nitrogens with one attached hydrogen (secondary N) is 1. The summed E-state index contributed by atoms with van der Waals surface area (Å²) in [4.78, 5) is 43.7. The zero-order valence-electron chi connectivity index (χ0n) is 14.2. The number of rotatable bonds is 4. The minimum Gasteiger partial charge on any atom is -0.506 e. The molecule has 26 heavy (non-hydrogen) atoms. The van der Waals surface area contributed by atoms with Crippen molar-refractivity contribution >= 4 is 22.6 Å². The zero-order chi connectivity index (χ0) is 18.8. The topological polar surface area (TPSA) is 114 Å². The smallest absolute Gasteiger partial charge is 0.267 e. The Balaban J connectivity index is 2.19. The summed E-state index contributed by atoms with van der Waals surface area (Å²) in [5, 5.41) is 13.2. The van der Waals surface area contributed by atoms with E-state index in [1.807, 2.05) is 0 Å². The van der Waals surface area contributed by atoms with Crippen LogP contribution in [-0.2, 0) is 11.8 Å². The van der Waals surface area contributed by atoms with Gasteiger partial charge in [0.05, 0.1) is 12.1 Å². The van der Waals surface area contributed by atoms with E-state index in [2.05, 4.69) is 15.3 Å². The highest BCUT2D eigenvalue weighted by Crippen LogP contribution is 2.30. The Hall–Kier alpha value is -3.55. The zero-order valence-corrected chi connectivity index (χ0v) is 14.2. The Morgan fingerprint density at radius 2 is 1.88 bits per heavy atom. The number of aromatic nitrogens is 3. The van der Waals surface area contributed by atoms with Crippen LogP contribution in [0, 0.1) is 0 Å². The summed E-state index contributed by atoms with van der Waals surface area (Å²) in [7, 11) is 1.51. The first-order valence-corrected chi connectivity index (χ1v) is 7.79. The third kappa shape index (κ3) is 3.04. The summed E-state index contributed by atoms with van der Waals surface area (Å²) in [5.74, 6) is -1.49. The van der Waals surface area contributed by atoms with E-state index in [4.69, 9.17) is 0 Å². The predicted molar refractivity (Wildman–Crippen MR) is 94.9 cm³/mol. The summed E-state index contributed by atoms with van der Waals surface area (Å²) >= 11 is 0. The molecule has 0 spiro atoms. The number of pyridine rings is 1. The van der Waals surface area contributed by atoms with Crippen molar-refractivity contribution in [3.05, 3.63) is 52.8 Å². The maximum Gasteiger partial charge on any atom is 0.267 e. The van der Waals surface area contributed by atoms with Crippen molar-refractivity contribution in [1.29, 1.82) is 0 Å². The van der Waals surface area contributed by atoms with Crippen molar-refractivity contribution in [3.63, 3.8) is 0 Å². The van der Waals surface area contributed by atoms with Crippen LogP contribution in [0.4, 0.5) is 0 Å². The van der Waals surface area contributed by atoms with Gasteiger partial charge in [-0.2, -0.15) is 0 Å². The number of Topliss-reactive ketones (excluding diaryl/α,β-unsaturated/α-hetero) is 1. The van der Waals surface area contributed by atoms with Gasteiger partial charge in [0.2, 0.25) is 0 Å². The van der Waals surface area contributed by atoms with E-state index in [1.165, 1.54) is 24.9 Å². The average molecular weight is 352 g/mol. The molecule has 0 saturated heterocycles. The first-order chi connectivity index (χ1) is 12.4. The quantitative estimate of drug-likeness (QED) is 0.724. The fourth-order valence-electron chi connectivity index (χ4n) is 2.66. The lowest BCUT2D eigenvalue weighted by Gasteiger charge is -2.13. The molecule has 0 aliphatic heterocycles. The molecule has 3 rings (SSSR count). The number of aromatic hydroxyl groups is 1. The maximum absolute atomic E-state index is 12.5. The molecule has 0 bridgehead atoms. The first-order valence-electron chi connectivity index (χ1n) is 7.79. The van der Waals surface area contributed by atoms with E-state index >= 15 is 0 Å². The molecule has 2 aromatic heterocycles. The summed E-state index contributed by atoms with van der Waals surface area (Å²) in [6.07, 6.45) is 4.64. The van der Waals surface area contributed by atoms with Crippen LogP contribution < -0.4 is 10.9 Å².